The van der Waals surface area contributed by atoms with Crippen LogP contribution in [0.25, 0.3) is 11.8 Å². The summed E-state index contributed by atoms with van der Waals surface area (Å²) in [6.07, 6.45) is 1.72. The van der Waals surface area contributed by atoms with Crippen molar-refractivity contribution >= 4 is 39.8 Å². The maximum atomic E-state index is 12.9. The average Bonchev–Trinajstić information content (AvgIpc) is 3.37. The van der Waals surface area contributed by atoms with Crippen LogP contribution in [0.5, 0.6) is 5.75 Å². The zero-order valence-corrected chi connectivity index (χ0v) is 19.2. The Morgan fingerprint density at radius 3 is 2.55 bits per heavy atom. The normalized spacial score (nSPS) is 16.7. The molecule has 8 heteroatoms. The van der Waals surface area contributed by atoms with Gasteiger partial charge in [0.25, 0.3) is 5.91 Å². The van der Waals surface area contributed by atoms with E-state index >= 15 is 0 Å². The second-order valence-electron chi connectivity index (χ2n) is 7.62. The minimum atomic E-state index is -0.439. The molecule has 0 saturated heterocycles. The lowest BCUT2D eigenvalue weighted by Crippen LogP contribution is -2.35. The third-order valence-electron chi connectivity index (χ3n) is 5.57. The van der Waals surface area contributed by atoms with Crippen LogP contribution in [0.1, 0.15) is 22.5 Å². The number of aliphatic imine (C=N–C) groups is 1. The number of aryl methyl sites for hydroxylation is 1. The summed E-state index contributed by atoms with van der Waals surface area (Å²) in [5.74, 6) is 0.335. The molecule has 3 aromatic rings. The standard InChI is InChI=1S/C25H21N5O2S/c1-15-13-18(16(2)29(15)20-11-7-8-12-21(20)32-3)14-19-22(26)30-25(27-23(19)31)33-24(28-30)17-9-5-4-6-10-17/h4-14,26H,1-3H3. The number of aromatic nitrogens is 1. The second kappa shape index (κ2) is 8.22. The molecular weight excluding hydrogens is 434 g/mol. The Morgan fingerprint density at radius 2 is 1.79 bits per heavy atom. The van der Waals surface area contributed by atoms with Crippen LogP contribution >= 0.6 is 11.8 Å². The van der Waals surface area contributed by atoms with Crippen LogP contribution in [0.2, 0.25) is 0 Å². The zero-order chi connectivity index (χ0) is 23.1. The summed E-state index contributed by atoms with van der Waals surface area (Å²) in [5, 5.41) is 15.8. The highest BCUT2D eigenvalue weighted by Crippen LogP contribution is 2.32. The van der Waals surface area contributed by atoms with Crippen molar-refractivity contribution in [2.75, 3.05) is 7.11 Å². The molecule has 5 rings (SSSR count). The van der Waals surface area contributed by atoms with Gasteiger partial charge in [0.05, 0.1) is 18.4 Å². The number of ether oxygens (including phenoxy) is 1. The van der Waals surface area contributed by atoms with Crippen molar-refractivity contribution in [3.63, 3.8) is 0 Å². The van der Waals surface area contributed by atoms with Crippen molar-refractivity contribution < 1.29 is 9.53 Å². The number of nitrogens with zero attached hydrogens (tertiary/aromatic N) is 4. The summed E-state index contributed by atoms with van der Waals surface area (Å²) >= 11 is 1.29. The quantitative estimate of drug-likeness (QED) is 0.575. The van der Waals surface area contributed by atoms with Gasteiger partial charge in [-0.15, -0.1) is 0 Å². The van der Waals surface area contributed by atoms with Crippen molar-refractivity contribution in [1.29, 1.82) is 5.41 Å². The van der Waals surface area contributed by atoms with Gasteiger partial charge in [0.2, 0.25) is 5.17 Å². The monoisotopic (exact) mass is 455 g/mol. The summed E-state index contributed by atoms with van der Waals surface area (Å²) < 4.78 is 7.61. The number of rotatable bonds is 4. The molecule has 33 heavy (non-hydrogen) atoms. The van der Waals surface area contributed by atoms with Gasteiger partial charge in [-0.05, 0) is 55.4 Å². The number of methoxy groups -OCH3 is 1. The molecule has 0 unspecified atom stereocenters. The first kappa shape index (κ1) is 21.0. The number of fused-ring (bicyclic) bond motifs is 1. The minimum Gasteiger partial charge on any atom is -0.495 e. The maximum absolute atomic E-state index is 12.9. The Labute approximate surface area is 195 Å². The first-order valence-corrected chi connectivity index (χ1v) is 11.2. The molecule has 0 atom stereocenters. The van der Waals surface area contributed by atoms with Gasteiger partial charge >= 0.3 is 0 Å². The van der Waals surface area contributed by atoms with E-state index in [-0.39, 0.29) is 11.4 Å². The molecule has 1 aromatic heterocycles. The maximum Gasteiger partial charge on any atom is 0.283 e. The fourth-order valence-corrected chi connectivity index (χ4v) is 4.86. The van der Waals surface area contributed by atoms with Crippen LogP contribution in [0.15, 0.2) is 76.3 Å². The lowest BCUT2D eigenvalue weighted by Gasteiger charge is -2.20. The van der Waals surface area contributed by atoms with E-state index in [4.69, 9.17) is 10.1 Å². The van der Waals surface area contributed by atoms with E-state index < -0.39 is 5.91 Å². The number of hydrogen-bond acceptors (Lipinski definition) is 5. The Kier molecular flexibility index (Phi) is 5.22. The molecule has 0 aliphatic carbocycles. The van der Waals surface area contributed by atoms with Crippen LogP contribution in [-0.4, -0.2) is 38.6 Å². The number of thioether (sulfide) groups is 1. The molecule has 1 N–H and O–H groups in total. The lowest BCUT2D eigenvalue weighted by molar-refractivity contribution is -0.114. The van der Waals surface area contributed by atoms with E-state index in [9.17, 15) is 4.79 Å². The van der Waals surface area contributed by atoms with Gasteiger partial charge in [0.1, 0.15) is 10.8 Å². The van der Waals surface area contributed by atoms with Crippen LogP contribution in [0, 0.1) is 19.3 Å². The van der Waals surface area contributed by atoms with Crippen LogP contribution in [-0.2, 0) is 4.79 Å². The number of carbonyl (C=O) groups excluding carboxylic acids is 1. The molecule has 2 aliphatic heterocycles. The lowest BCUT2D eigenvalue weighted by atomic mass is 10.1. The Morgan fingerprint density at radius 1 is 1.06 bits per heavy atom. The molecular formula is C25H21N5O2S. The van der Waals surface area contributed by atoms with Crippen molar-refractivity contribution in [3.8, 4) is 11.4 Å². The summed E-state index contributed by atoms with van der Waals surface area (Å²) in [5.41, 5.74) is 4.80. The van der Waals surface area contributed by atoms with Crippen molar-refractivity contribution in [2.45, 2.75) is 13.8 Å². The smallest absolute Gasteiger partial charge is 0.283 e. The van der Waals surface area contributed by atoms with Gasteiger partial charge < -0.3 is 9.30 Å². The number of hydrogen-bond donors (Lipinski definition) is 1. The predicted molar refractivity (Wildman–Crippen MR) is 132 cm³/mol. The van der Waals surface area contributed by atoms with Crippen molar-refractivity contribution in [2.24, 2.45) is 10.1 Å². The number of benzene rings is 2. The molecule has 0 saturated carbocycles. The van der Waals surface area contributed by atoms with Gasteiger partial charge in [-0.25, -0.2) is 0 Å². The van der Waals surface area contributed by atoms with E-state index in [0.29, 0.717) is 10.2 Å². The molecule has 0 radical (unpaired) electrons. The van der Waals surface area contributed by atoms with E-state index in [2.05, 4.69) is 14.7 Å². The highest BCUT2D eigenvalue weighted by molar-refractivity contribution is 8.27. The molecule has 0 fully saturated rings. The topological polar surface area (TPSA) is 83.0 Å². The Hall–Kier alpha value is -3.91. The van der Waals surface area contributed by atoms with E-state index in [1.807, 2.05) is 74.5 Å². The summed E-state index contributed by atoms with van der Waals surface area (Å²) in [7, 11) is 1.64. The largest absolute Gasteiger partial charge is 0.495 e. The van der Waals surface area contributed by atoms with Gasteiger partial charge in [-0.2, -0.15) is 15.1 Å². The molecule has 164 valence electrons. The van der Waals surface area contributed by atoms with E-state index in [1.54, 1.807) is 13.2 Å². The molecule has 3 heterocycles. The Balaban J connectivity index is 1.53. The van der Waals surface area contributed by atoms with Crippen molar-refractivity contribution in [3.05, 3.63) is 88.8 Å². The highest BCUT2D eigenvalue weighted by Gasteiger charge is 2.36. The van der Waals surface area contributed by atoms with Gasteiger partial charge in [-0.1, -0.05) is 42.5 Å². The molecule has 1 amide bonds. The SMILES string of the molecule is COc1ccccc1-n1c(C)cc(C=C2C(=N)N3N=C(c4ccccc4)SC3=NC2=O)c1C. The van der Waals surface area contributed by atoms with Crippen LogP contribution < -0.4 is 4.74 Å². The van der Waals surface area contributed by atoms with Gasteiger partial charge in [-0.3, -0.25) is 10.2 Å². The summed E-state index contributed by atoms with van der Waals surface area (Å²) in [6, 6.07) is 19.5. The van der Waals surface area contributed by atoms with Crippen molar-refractivity contribution in [1.82, 2.24) is 9.58 Å². The first-order chi connectivity index (χ1) is 16.0. The predicted octanol–water partition coefficient (Wildman–Crippen LogP) is 4.77. The Bertz CT molecular complexity index is 1390. The highest BCUT2D eigenvalue weighted by atomic mass is 32.2. The summed E-state index contributed by atoms with van der Waals surface area (Å²) in [4.78, 5) is 17.1. The summed E-state index contributed by atoms with van der Waals surface area (Å²) in [6.45, 7) is 3.98. The molecule has 2 aromatic carbocycles. The number of carbonyl (C=O) groups is 1. The van der Waals surface area contributed by atoms with Crippen LogP contribution in [0.3, 0.4) is 0 Å². The minimum absolute atomic E-state index is 0.0190. The zero-order valence-electron chi connectivity index (χ0n) is 18.4. The number of hydrazone groups is 1. The second-order valence-corrected chi connectivity index (χ2v) is 8.58. The molecule has 0 bridgehead atoms. The number of amides is 1. The number of amidine groups is 2. The van der Waals surface area contributed by atoms with E-state index in [0.717, 1.165) is 34.0 Å². The molecule has 0 spiro atoms. The molecule has 7 nitrogen and oxygen atoms in total. The number of nitrogens with one attached hydrogen (secondary N) is 1. The van der Waals surface area contributed by atoms with E-state index in [1.165, 1.54) is 16.8 Å². The average molecular weight is 456 g/mol. The fraction of sp³-hybridized carbons (Fsp3) is 0.120. The third kappa shape index (κ3) is 3.58. The van der Waals surface area contributed by atoms with Gasteiger partial charge in [0, 0.05) is 17.0 Å². The molecule has 2 aliphatic rings. The van der Waals surface area contributed by atoms with Crippen LogP contribution in [0.4, 0.5) is 0 Å². The van der Waals surface area contributed by atoms with Gasteiger partial charge in [0.15, 0.2) is 5.84 Å². The third-order valence-corrected chi connectivity index (χ3v) is 6.53. The first-order valence-electron chi connectivity index (χ1n) is 10.4. The fourth-order valence-electron chi connectivity index (χ4n) is 3.96. The number of para-hydroxylation sites is 2.